The van der Waals surface area contributed by atoms with Crippen LogP contribution in [-0.4, -0.2) is 51.3 Å². The lowest BCUT2D eigenvalue weighted by atomic mass is 10.2. The van der Waals surface area contributed by atoms with E-state index < -0.39 is 0 Å². The third-order valence-corrected chi connectivity index (χ3v) is 4.12. The fourth-order valence-electron chi connectivity index (χ4n) is 3.02. The first-order chi connectivity index (χ1) is 10.3. The Hall–Kier alpha value is -1.59. The third-order valence-electron chi connectivity index (χ3n) is 4.12. The van der Waals surface area contributed by atoms with Crippen molar-refractivity contribution < 1.29 is 9.53 Å². The van der Waals surface area contributed by atoms with Gasteiger partial charge in [0.1, 0.15) is 0 Å². The molecule has 3 rings (SSSR count). The number of fused-ring (bicyclic) bond motifs is 1. The van der Waals surface area contributed by atoms with Crippen LogP contribution in [0, 0.1) is 0 Å². The molecule has 1 amide bonds. The molecule has 1 saturated heterocycles. The minimum Gasteiger partial charge on any atom is -0.378 e. The Balaban J connectivity index is 1.39. The largest absolute Gasteiger partial charge is 0.378 e. The molecule has 2 aliphatic heterocycles. The topological polar surface area (TPSA) is 53.6 Å². The van der Waals surface area contributed by atoms with Crippen LogP contribution < -0.4 is 15.5 Å². The van der Waals surface area contributed by atoms with Crippen LogP contribution in [0.4, 0.5) is 5.69 Å². The third kappa shape index (κ3) is 3.74. The van der Waals surface area contributed by atoms with Gasteiger partial charge in [0, 0.05) is 44.3 Å². The number of carbonyl (C=O) groups excluding carboxylic acids is 1. The number of nitrogens with zero attached hydrogens (tertiary/aromatic N) is 1. The Morgan fingerprint density at radius 2 is 2.33 bits per heavy atom. The number of hydrogen-bond acceptors (Lipinski definition) is 4. The summed E-state index contributed by atoms with van der Waals surface area (Å²) in [6, 6.07) is 8.66. The molecule has 0 spiro atoms. The monoisotopic (exact) mass is 289 g/mol. The quantitative estimate of drug-likeness (QED) is 0.831. The van der Waals surface area contributed by atoms with Gasteiger partial charge >= 0.3 is 0 Å². The zero-order valence-corrected chi connectivity index (χ0v) is 12.3. The van der Waals surface area contributed by atoms with E-state index in [1.165, 1.54) is 11.3 Å². The van der Waals surface area contributed by atoms with Crippen LogP contribution in [0.3, 0.4) is 0 Å². The molecule has 1 atom stereocenters. The van der Waals surface area contributed by atoms with Gasteiger partial charge in [-0.3, -0.25) is 4.79 Å². The summed E-state index contributed by atoms with van der Waals surface area (Å²) in [7, 11) is 0. The number of hydrogen-bond donors (Lipinski definition) is 2. The number of benzene rings is 1. The molecular weight excluding hydrogens is 266 g/mol. The van der Waals surface area contributed by atoms with Crippen molar-refractivity contribution in [2.24, 2.45) is 0 Å². The smallest absolute Gasteiger partial charge is 0.221 e. The molecule has 2 N–H and O–H groups in total. The average Bonchev–Trinajstić information content (AvgIpc) is 2.92. The molecule has 0 unspecified atom stereocenters. The molecule has 0 aromatic heterocycles. The van der Waals surface area contributed by atoms with E-state index in [0.717, 1.165) is 32.7 Å². The normalized spacial score (nSPS) is 21.1. The highest BCUT2D eigenvalue weighted by Crippen LogP contribution is 2.26. The van der Waals surface area contributed by atoms with Crippen LogP contribution in [0.2, 0.25) is 0 Å². The lowest BCUT2D eigenvalue weighted by molar-refractivity contribution is -0.122. The molecule has 2 aliphatic rings. The first-order valence-corrected chi connectivity index (χ1v) is 7.73. The van der Waals surface area contributed by atoms with Crippen molar-refractivity contribution in [1.29, 1.82) is 0 Å². The van der Waals surface area contributed by atoms with E-state index in [1.54, 1.807) is 0 Å². The molecule has 21 heavy (non-hydrogen) atoms. The summed E-state index contributed by atoms with van der Waals surface area (Å²) in [5, 5.41) is 6.31. The van der Waals surface area contributed by atoms with E-state index in [4.69, 9.17) is 4.74 Å². The van der Waals surface area contributed by atoms with Gasteiger partial charge in [0.25, 0.3) is 0 Å². The van der Waals surface area contributed by atoms with Gasteiger partial charge in [0.15, 0.2) is 0 Å². The zero-order chi connectivity index (χ0) is 14.5. The number of carbonyl (C=O) groups is 1. The van der Waals surface area contributed by atoms with Crippen LogP contribution >= 0.6 is 0 Å². The minimum absolute atomic E-state index is 0.102. The van der Waals surface area contributed by atoms with Crippen LogP contribution in [0.5, 0.6) is 0 Å². The molecule has 0 radical (unpaired) electrons. The van der Waals surface area contributed by atoms with E-state index >= 15 is 0 Å². The van der Waals surface area contributed by atoms with Crippen LogP contribution in [0.25, 0.3) is 0 Å². The summed E-state index contributed by atoms with van der Waals surface area (Å²) in [5.41, 5.74) is 2.72. The Morgan fingerprint density at radius 1 is 1.43 bits per heavy atom. The Kier molecular flexibility index (Phi) is 4.72. The van der Waals surface area contributed by atoms with Crippen LogP contribution in [-0.2, 0) is 16.0 Å². The summed E-state index contributed by atoms with van der Waals surface area (Å²) < 4.78 is 5.36. The molecule has 1 fully saturated rings. The first kappa shape index (κ1) is 14.4. The van der Waals surface area contributed by atoms with Gasteiger partial charge in [0.2, 0.25) is 5.91 Å². The van der Waals surface area contributed by atoms with Crippen molar-refractivity contribution in [1.82, 2.24) is 10.6 Å². The number of anilines is 1. The maximum Gasteiger partial charge on any atom is 0.221 e. The highest BCUT2D eigenvalue weighted by atomic mass is 16.5. The predicted octanol–water partition coefficient (Wildman–Crippen LogP) is 0.544. The second-order valence-electron chi connectivity index (χ2n) is 5.65. The SMILES string of the molecule is O=C(C[C@@H]1COCCN1)NCCN1CCc2ccccc21. The van der Waals surface area contributed by atoms with Gasteiger partial charge in [0.05, 0.1) is 13.2 Å². The van der Waals surface area contributed by atoms with Crippen molar-refractivity contribution >= 4 is 11.6 Å². The van der Waals surface area contributed by atoms with Crippen LogP contribution in [0.1, 0.15) is 12.0 Å². The molecule has 0 bridgehead atoms. The standard InChI is InChI=1S/C16H23N3O2/c20-16(11-14-12-21-10-7-17-14)18-6-9-19-8-5-13-3-1-2-4-15(13)19/h1-4,14,17H,5-12H2,(H,18,20)/t14-/m1/s1. The lowest BCUT2D eigenvalue weighted by Crippen LogP contribution is -2.45. The second kappa shape index (κ2) is 6.91. The lowest BCUT2D eigenvalue weighted by Gasteiger charge is -2.24. The number of ether oxygens (including phenoxy) is 1. The Labute approximate surface area is 125 Å². The highest BCUT2D eigenvalue weighted by Gasteiger charge is 2.19. The fraction of sp³-hybridized carbons (Fsp3) is 0.562. The van der Waals surface area contributed by atoms with Gasteiger partial charge in [-0.2, -0.15) is 0 Å². The van der Waals surface area contributed by atoms with Gasteiger partial charge < -0.3 is 20.3 Å². The van der Waals surface area contributed by atoms with E-state index in [2.05, 4.69) is 39.8 Å². The van der Waals surface area contributed by atoms with Crippen molar-refractivity contribution in [3.05, 3.63) is 29.8 Å². The molecule has 5 nitrogen and oxygen atoms in total. The fourth-order valence-corrected chi connectivity index (χ4v) is 3.02. The summed E-state index contributed by atoms with van der Waals surface area (Å²) in [5.74, 6) is 0.102. The summed E-state index contributed by atoms with van der Waals surface area (Å²) >= 11 is 0. The molecule has 114 valence electrons. The van der Waals surface area contributed by atoms with Crippen LogP contribution in [0.15, 0.2) is 24.3 Å². The summed E-state index contributed by atoms with van der Waals surface area (Å²) in [6.07, 6.45) is 1.60. The number of rotatable bonds is 5. The van der Waals surface area contributed by atoms with Crippen molar-refractivity contribution in [2.45, 2.75) is 18.9 Å². The zero-order valence-electron chi connectivity index (χ0n) is 12.3. The van der Waals surface area contributed by atoms with Crippen molar-refractivity contribution in [3.8, 4) is 0 Å². The molecule has 1 aromatic rings. The van der Waals surface area contributed by atoms with Crippen molar-refractivity contribution in [3.63, 3.8) is 0 Å². The molecule has 5 heteroatoms. The van der Waals surface area contributed by atoms with Crippen molar-refractivity contribution in [2.75, 3.05) is 44.3 Å². The number of para-hydroxylation sites is 1. The minimum atomic E-state index is 0.102. The first-order valence-electron chi connectivity index (χ1n) is 7.73. The number of nitrogens with one attached hydrogen (secondary N) is 2. The second-order valence-corrected chi connectivity index (χ2v) is 5.65. The molecule has 2 heterocycles. The molecule has 0 saturated carbocycles. The summed E-state index contributed by atoms with van der Waals surface area (Å²) in [4.78, 5) is 14.3. The Morgan fingerprint density at radius 3 is 3.19 bits per heavy atom. The maximum atomic E-state index is 11.9. The number of morpholine rings is 1. The maximum absolute atomic E-state index is 11.9. The molecular formula is C16H23N3O2. The van der Waals surface area contributed by atoms with E-state index in [0.29, 0.717) is 19.6 Å². The average molecular weight is 289 g/mol. The summed E-state index contributed by atoms with van der Waals surface area (Å²) in [6.45, 7) is 4.83. The number of amides is 1. The van der Waals surface area contributed by atoms with Gasteiger partial charge in [-0.05, 0) is 18.1 Å². The highest BCUT2D eigenvalue weighted by molar-refractivity contribution is 5.76. The van der Waals surface area contributed by atoms with E-state index in [9.17, 15) is 4.79 Å². The van der Waals surface area contributed by atoms with Gasteiger partial charge in [-0.15, -0.1) is 0 Å². The molecule has 1 aromatic carbocycles. The van der Waals surface area contributed by atoms with Gasteiger partial charge in [-0.1, -0.05) is 18.2 Å². The Bertz CT molecular complexity index is 486. The van der Waals surface area contributed by atoms with E-state index in [1.807, 2.05) is 0 Å². The van der Waals surface area contributed by atoms with Gasteiger partial charge in [-0.25, -0.2) is 0 Å². The van der Waals surface area contributed by atoms with E-state index in [-0.39, 0.29) is 11.9 Å². The predicted molar refractivity (Wildman–Crippen MR) is 82.6 cm³/mol. The molecule has 0 aliphatic carbocycles.